The Morgan fingerprint density at radius 3 is 0.643 bits per heavy atom. The van der Waals surface area contributed by atoms with Gasteiger partial charge in [-0.2, -0.15) is 0 Å². The van der Waals surface area contributed by atoms with E-state index in [0.29, 0.717) is 0 Å². The minimum absolute atomic E-state index is 0. The van der Waals surface area contributed by atoms with Crippen molar-refractivity contribution < 1.29 is 42.4 Å². The summed E-state index contributed by atoms with van der Waals surface area (Å²) in [5.41, 5.74) is 0. The van der Waals surface area contributed by atoms with Crippen molar-refractivity contribution >= 4 is 110 Å². The summed E-state index contributed by atoms with van der Waals surface area (Å²) in [6.45, 7) is 0. The molecule has 14 heavy (non-hydrogen) atoms. The molecule has 0 N–H and O–H groups in total. The largest absolute Gasteiger partial charge is 3.00 e. The summed E-state index contributed by atoms with van der Waals surface area (Å²) in [4.78, 5) is 8.33. The third kappa shape index (κ3) is 440. The van der Waals surface area contributed by atoms with Gasteiger partial charge in [-0.3, -0.25) is 0 Å². The quantitative estimate of drug-likeness (QED) is 0.395. The van der Waals surface area contributed by atoms with Crippen LogP contribution in [-0.4, -0.2) is 110 Å². The van der Waals surface area contributed by atoms with Gasteiger partial charge in [0.1, 0.15) is 0 Å². The minimum Gasteiger partial charge on any atom is -2.00 e. The molecule has 0 aromatic carbocycles. The zero-order valence-electron chi connectivity index (χ0n) is 7.04. The average molecular weight is 267 g/mol. The first-order valence-electron chi connectivity index (χ1n) is 0.612. The van der Waals surface area contributed by atoms with Gasteiger partial charge < -0.3 is 42.4 Å². The van der Waals surface area contributed by atoms with E-state index in [1.54, 1.807) is 0 Å². The molecule has 0 aromatic heterocycles. The summed E-state index contributed by atoms with van der Waals surface area (Å²) in [7, 11) is 0. The van der Waals surface area contributed by atoms with Crippen molar-refractivity contribution in [2.45, 2.75) is 0 Å². The predicted molar refractivity (Wildman–Crippen MR) is 37.6 cm³/mol. The first-order chi connectivity index (χ1) is 1.73. The van der Waals surface area contributed by atoms with Crippen LogP contribution in [0.2, 0.25) is 0 Å². The molecular formula is CAl2Mg3O8. The number of hydrogen-bond donors (Lipinski definition) is 0. The van der Waals surface area contributed by atoms with Crippen LogP contribution in [-0.2, 0) is 27.4 Å². The third-order valence-corrected chi connectivity index (χ3v) is 0. The SMILES string of the molecule is O=C([O-])[O-].[Al+3].[Al+3].[Mg+2].[Mg+2].[Mg+2].[O-2].[O-2].[O-2].[O-2].[O-2]. The summed E-state index contributed by atoms with van der Waals surface area (Å²) in [5.74, 6) is 0. The maximum Gasteiger partial charge on any atom is 3.00 e. The number of carbonyl (C=O) groups excluding carboxylic acids is 1. The summed E-state index contributed by atoms with van der Waals surface area (Å²) >= 11 is 0. The van der Waals surface area contributed by atoms with Crippen molar-refractivity contribution in [3.8, 4) is 0 Å². The number of hydrogen-bond acceptors (Lipinski definition) is 3. The van der Waals surface area contributed by atoms with Crippen LogP contribution in [0.15, 0.2) is 0 Å². The molecule has 0 bridgehead atoms. The third-order valence-electron chi connectivity index (χ3n) is 0. The van der Waals surface area contributed by atoms with Crippen LogP contribution in [0.3, 0.4) is 0 Å². The first kappa shape index (κ1) is 133. The molecule has 0 radical (unpaired) electrons. The molecule has 0 heterocycles. The normalized spacial score (nSPS) is 1.71. The van der Waals surface area contributed by atoms with Crippen molar-refractivity contribution in [3.63, 3.8) is 0 Å². The van der Waals surface area contributed by atoms with Crippen molar-refractivity contribution in [2.24, 2.45) is 0 Å². The molecule has 0 unspecified atom stereocenters. The Morgan fingerprint density at radius 2 is 0.643 bits per heavy atom. The molecule has 0 atom stereocenters. The van der Waals surface area contributed by atoms with E-state index in [0.717, 1.165) is 0 Å². The average Bonchev–Trinajstić information content (AvgIpc) is 0.811. The Bertz CT molecular complexity index is 45.6. The fourth-order valence-electron chi connectivity index (χ4n) is 0. The van der Waals surface area contributed by atoms with Gasteiger partial charge >= 0.3 is 104 Å². The van der Waals surface area contributed by atoms with Crippen molar-refractivity contribution in [3.05, 3.63) is 0 Å². The molecule has 0 amide bonds. The topological polar surface area (TPSA) is 206 Å². The molecule has 64 valence electrons. The smallest absolute Gasteiger partial charge is 2.00 e. The van der Waals surface area contributed by atoms with E-state index in [4.69, 9.17) is 15.0 Å². The van der Waals surface area contributed by atoms with E-state index in [1.807, 2.05) is 0 Å². The van der Waals surface area contributed by atoms with Crippen LogP contribution >= 0.6 is 0 Å². The second-order valence-corrected chi connectivity index (χ2v) is 0.250. The summed E-state index contributed by atoms with van der Waals surface area (Å²) in [6, 6.07) is 0. The van der Waals surface area contributed by atoms with Gasteiger partial charge in [-0.05, 0) is 6.16 Å². The van der Waals surface area contributed by atoms with Gasteiger partial charge in [-0.25, -0.2) is 0 Å². The van der Waals surface area contributed by atoms with Gasteiger partial charge in [0.25, 0.3) is 0 Å². The molecule has 8 nitrogen and oxygen atoms in total. The Hall–Kier alpha value is 2.43. The maximum atomic E-state index is 8.33. The van der Waals surface area contributed by atoms with Gasteiger partial charge in [0.2, 0.25) is 0 Å². The number of carboxylic acid groups (broad SMARTS) is 2. The van der Waals surface area contributed by atoms with Gasteiger partial charge in [-0.15, -0.1) is 0 Å². The predicted octanol–water partition coefficient (Wildman–Crippen LogP) is -4.95. The van der Waals surface area contributed by atoms with E-state index >= 15 is 0 Å². The maximum absolute atomic E-state index is 8.33. The van der Waals surface area contributed by atoms with Crippen LogP contribution in [0.25, 0.3) is 0 Å². The van der Waals surface area contributed by atoms with E-state index in [1.165, 1.54) is 0 Å². The van der Waals surface area contributed by atoms with Gasteiger partial charge in [-0.1, -0.05) is 0 Å². The van der Waals surface area contributed by atoms with Crippen molar-refractivity contribution in [1.29, 1.82) is 0 Å². The van der Waals surface area contributed by atoms with Crippen molar-refractivity contribution in [1.82, 2.24) is 0 Å². The van der Waals surface area contributed by atoms with E-state index in [-0.39, 0.29) is 131 Å². The van der Waals surface area contributed by atoms with Crippen LogP contribution in [0.5, 0.6) is 0 Å². The van der Waals surface area contributed by atoms with E-state index in [9.17, 15) is 0 Å². The van der Waals surface area contributed by atoms with Gasteiger partial charge in [0, 0.05) is 0 Å². The Balaban J connectivity index is -0.000000001000. The number of carbonyl (C=O) groups is 1. The Labute approximate surface area is 150 Å². The van der Waals surface area contributed by atoms with Crippen LogP contribution in [0.4, 0.5) is 4.79 Å². The van der Waals surface area contributed by atoms with Crippen LogP contribution < -0.4 is 10.2 Å². The molecule has 0 spiro atoms. The Morgan fingerprint density at radius 1 is 0.643 bits per heavy atom. The van der Waals surface area contributed by atoms with Crippen LogP contribution in [0, 0.1) is 0 Å². The fourth-order valence-corrected chi connectivity index (χ4v) is 0. The first-order valence-corrected chi connectivity index (χ1v) is 0.612. The fraction of sp³-hybridized carbons (Fsp3) is 0. The van der Waals surface area contributed by atoms with E-state index in [2.05, 4.69) is 0 Å². The summed E-state index contributed by atoms with van der Waals surface area (Å²) in [6.07, 6.45) is -2.33. The molecule has 0 fully saturated rings. The standard InChI is InChI=1S/CH2O3.2Al.3Mg.5O/c2-1(3)4;;;;;;;;;;/h(H2,2,3,4);;;;;;;;;;/q;2*+3;3*+2;5*-2/p-2. The second-order valence-electron chi connectivity index (χ2n) is 0.250. The Kier molecular flexibility index (Phi) is 1030. The molecule has 0 saturated heterocycles. The number of rotatable bonds is 0. The van der Waals surface area contributed by atoms with E-state index < -0.39 is 6.16 Å². The molecule has 0 rings (SSSR count). The molecule has 0 aliphatic rings. The molecule has 0 aliphatic carbocycles. The minimum atomic E-state index is -2.33. The zero-order valence-corrected chi connectivity index (χ0v) is 13.6. The zero-order chi connectivity index (χ0) is 3.58. The monoisotopic (exact) mass is 266 g/mol. The molecule has 0 aliphatic heterocycles. The second kappa shape index (κ2) is 109. The van der Waals surface area contributed by atoms with Crippen LogP contribution in [0.1, 0.15) is 0 Å². The van der Waals surface area contributed by atoms with Gasteiger partial charge in [0.15, 0.2) is 0 Å². The molecule has 13 heteroatoms. The summed E-state index contributed by atoms with van der Waals surface area (Å²) in [5, 5.41) is 16.7. The molecular weight excluding hydrogens is 267 g/mol. The van der Waals surface area contributed by atoms with Gasteiger partial charge in [0.05, 0.1) is 0 Å². The molecule has 0 saturated carbocycles. The van der Waals surface area contributed by atoms with Crippen molar-refractivity contribution in [2.75, 3.05) is 0 Å². The summed E-state index contributed by atoms with van der Waals surface area (Å²) < 4.78 is 0. The molecule has 0 aromatic rings.